The number of nitrogens with one attached hydrogen (secondary N) is 2. The zero-order chi connectivity index (χ0) is 16.8. The molecule has 6 nitrogen and oxygen atoms in total. The topological polar surface area (TPSA) is 87.1 Å². The molecule has 0 saturated heterocycles. The minimum atomic E-state index is -0.269. The van der Waals surface area contributed by atoms with E-state index in [1.807, 2.05) is 32.9 Å². The maximum absolute atomic E-state index is 11.9. The molecule has 2 amide bonds. The van der Waals surface area contributed by atoms with E-state index in [-0.39, 0.29) is 17.8 Å². The third-order valence-corrected chi connectivity index (χ3v) is 4.47. The number of urea groups is 1. The lowest BCUT2D eigenvalue weighted by Gasteiger charge is -2.13. The molecule has 0 aliphatic carbocycles. The SMILES string of the molecule is CC(CCc1ccc(O)cc1)NC(=O)Nc1nnc(C(C)C)s1. The van der Waals surface area contributed by atoms with Crippen molar-refractivity contribution in [2.75, 3.05) is 5.32 Å². The van der Waals surface area contributed by atoms with Gasteiger partial charge in [0, 0.05) is 12.0 Å². The molecule has 0 bridgehead atoms. The minimum Gasteiger partial charge on any atom is -0.508 e. The molecule has 0 aliphatic heterocycles. The molecular weight excluding hydrogens is 312 g/mol. The summed E-state index contributed by atoms with van der Waals surface area (Å²) in [5.74, 6) is 0.562. The average Bonchev–Trinajstić information content (AvgIpc) is 2.95. The van der Waals surface area contributed by atoms with Crippen molar-refractivity contribution in [2.45, 2.75) is 45.6 Å². The predicted octanol–water partition coefficient (Wildman–Crippen LogP) is 3.51. The van der Waals surface area contributed by atoms with Crippen LogP contribution >= 0.6 is 11.3 Å². The van der Waals surface area contributed by atoms with Gasteiger partial charge in [0.15, 0.2) is 0 Å². The quantitative estimate of drug-likeness (QED) is 0.754. The fraction of sp³-hybridized carbons (Fsp3) is 0.438. The van der Waals surface area contributed by atoms with Gasteiger partial charge in [0.25, 0.3) is 0 Å². The summed E-state index contributed by atoms with van der Waals surface area (Å²) in [6, 6.07) is 6.87. The van der Waals surface area contributed by atoms with E-state index in [0.29, 0.717) is 11.0 Å². The number of hydrogen-bond acceptors (Lipinski definition) is 5. The number of phenolic OH excluding ortho intramolecular Hbond substituents is 1. The molecule has 7 heteroatoms. The largest absolute Gasteiger partial charge is 0.508 e. The third-order valence-electron chi connectivity index (χ3n) is 3.33. The van der Waals surface area contributed by atoms with E-state index in [2.05, 4.69) is 20.8 Å². The van der Waals surface area contributed by atoms with Gasteiger partial charge in [0.1, 0.15) is 10.8 Å². The van der Waals surface area contributed by atoms with E-state index in [1.54, 1.807) is 12.1 Å². The Kier molecular flexibility index (Phi) is 5.92. The number of benzene rings is 1. The van der Waals surface area contributed by atoms with Gasteiger partial charge < -0.3 is 10.4 Å². The van der Waals surface area contributed by atoms with E-state index >= 15 is 0 Å². The van der Waals surface area contributed by atoms with Gasteiger partial charge in [0.05, 0.1) is 0 Å². The summed E-state index contributed by atoms with van der Waals surface area (Å²) in [5, 5.41) is 24.3. The van der Waals surface area contributed by atoms with Gasteiger partial charge in [-0.2, -0.15) is 0 Å². The highest BCUT2D eigenvalue weighted by Gasteiger charge is 2.12. The smallest absolute Gasteiger partial charge is 0.321 e. The average molecular weight is 334 g/mol. The van der Waals surface area contributed by atoms with Crippen LogP contribution in [0.25, 0.3) is 0 Å². The van der Waals surface area contributed by atoms with Crippen LogP contribution in [0, 0.1) is 0 Å². The first-order chi connectivity index (χ1) is 10.9. The summed E-state index contributed by atoms with van der Waals surface area (Å²) >= 11 is 1.39. The van der Waals surface area contributed by atoms with E-state index in [9.17, 15) is 9.90 Å². The molecule has 1 atom stereocenters. The van der Waals surface area contributed by atoms with Crippen LogP contribution in [0.4, 0.5) is 9.93 Å². The van der Waals surface area contributed by atoms with Crippen LogP contribution in [0.1, 0.15) is 43.7 Å². The summed E-state index contributed by atoms with van der Waals surface area (Å²) < 4.78 is 0. The number of phenols is 1. The summed E-state index contributed by atoms with van der Waals surface area (Å²) in [7, 11) is 0. The van der Waals surface area contributed by atoms with E-state index < -0.39 is 0 Å². The third kappa shape index (κ3) is 5.52. The highest BCUT2D eigenvalue weighted by Crippen LogP contribution is 2.22. The van der Waals surface area contributed by atoms with Gasteiger partial charge in [-0.05, 0) is 37.5 Å². The van der Waals surface area contributed by atoms with Crippen molar-refractivity contribution >= 4 is 22.5 Å². The van der Waals surface area contributed by atoms with Gasteiger partial charge in [-0.3, -0.25) is 5.32 Å². The zero-order valence-corrected chi connectivity index (χ0v) is 14.4. The molecule has 0 spiro atoms. The first kappa shape index (κ1) is 17.2. The van der Waals surface area contributed by atoms with Crippen molar-refractivity contribution in [2.24, 2.45) is 0 Å². The molecule has 1 aromatic heterocycles. The Bertz CT molecular complexity index is 640. The van der Waals surface area contributed by atoms with Crippen molar-refractivity contribution in [1.29, 1.82) is 0 Å². The Morgan fingerprint density at radius 3 is 2.52 bits per heavy atom. The highest BCUT2D eigenvalue weighted by molar-refractivity contribution is 7.15. The number of anilines is 1. The number of nitrogens with zero attached hydrogens (tertiary/aromatic N) is 2. The molecule has 1 heterocycles. The highest BCUT2D eigenvalue weighted by atomic mass is 32.1. The second-order valence-electron chi connectivity index (χ2n) is 5.80. The number of carbonyl (C=O) groups excluding carboxylic acids is 1. The molecule has 1 aromatic carbocycles. The van der Waals surface area contributed by atoms with Crippen LogP contribution in [0.15, 0.2) is 24.3 Å². The maximum atomic E-state index is 11.9. The summed E-state index contributed by atoms with van der Waals surface area (Å²) in [6.07, 6.45) is 1.64. The molecule has 0 radical (unpaired) electrons. The Morgan fingerprint density at radius 1 is 1.22 bits per heavy atom. The fourth-order valence-corrected chi connectivity index (χ4v) is 2.73. The Balaban J connectivity index is 1.76. The number of aromatic hydroxyl groups is 1. The van der Waals surface area contributed by atoms with Crippen molar-refractivity contribution in [3.63, 3.8) is 0 Å². The van der Waals surface area contributed by atoms with Gasteiger partial charge >= 0.3 is 6.03 Å². The first-order valence-electron chi connectivity index (χ1n) is 7.63. The second kappa shape index (κ2) is 7.92. The standard InChI is InChI=1S/C16H22N4O2S/c1-10(2)14-19-20-16(23-14)18-15(22)17-11(3)4-5-12-6-8-13(21)9-7-12/h6-11,21H,4-5H2,1-3H3,(H2,17,18,20,22). The normalized spacial score (nSPS) is 12.2. The van der Waals surface area contributed by atoms with Gasteiger partial charge in [-0.1, -0.05) is 37.3 Å². The van der Waals surface area contributed by atoms with Crippen molar-refractivity contribution in [3.8, 4) is 5.75 Å². The van der Waals surface area contributed by atoms with E-state index in [1.165, 1.54) is 11.3 Å². The van der Waals surface area contributed by atoms with Crippen LogP contribution in [0.2, 0.25) is 0 Å². The van der Waals surface area contributed by atoms with Crippen molar-refractivity contribution < 1.29 is 9.90 Å². The van der Waals surface area contributed by atoms with Crippen LogP contribution in [-0.2, 0) is 6.42 Å². The van der Waals surface area contributed by atoms with Crippen molar-refractivity contribution in [3.05, 3.63) is 34.8 Å². The summed E-state index contributed by atoms with van der Waals surface area (Å²) in [5.41, 5.74) is 1.13. The molecule has 124 valence electrons. The van der Waals surface area contributed by atoms with Crippen LogP contribution < -0.4 is 10.6 Å². The maximum Gasteiger partial charge on any atom is 0.321 e. The lowest BCUT2D eigenvalue weighted by atomic mass is 10.1. The van der Waals surface area contributed by atoms with Gasteiger partial charge in [0.2, 0.25) is 5.13 Å². The number of carbonyl (C=O) groups is 1. The number of rotatable bonds is 6. The molecule has 0 fully saturated rings. The Labute approximate surface area is 140 Å². The van der Waals surface area contributed by atoms with Gasteiger partial charge in [-0.25, -0.2) is 4.79 Å². The number of amides is 2. The molecule has 0 saturated carbocycles. The van der Waals surface area contributed by atoms with Gasteiger partial charge in [-0.15, -0.1) is 10.2 Å². The molecule has 23 heavy (non-hydrogen) atoms. The minimum absolute atomic E-state index is 0.0290. The molecule has 3 N–H and O–H groups in total. The summed E-state index contributed by atoms with van der Waals surface area (Å²) in [6.45, 7) is 6.03. The zero-order valence-electron chi connectivity index (χ0n) is 13.5. The molecule has 2 aromatic rings. The molecule has 2 rings (SSSR count). The molecule has 1 unspecified atom stereocenters. The lowest BCUT2D eigenvalue weighted by Crippen LogP contribution is -2.36. The monoisotopic (exact) mass is 334 g/mol. The number of aromatic nitrogens is 2. The molecule has 0 aliphatic rings. The van der Waals surface area contributed by atoms with Crippen LogP contribution in [-0.4, -0.2) is 27.4 Å². The van der Waals surface area contributed by atoms with Crippen LogP contribution in [0.3, 0.4) is 0 Å². The molecular formula is C16H22N4O2S. The Morgan fingerprint density at radius 2 is 1.91 bits per heavy atom. The van der Waals surface area contributed by atoms with E-state index in [0.717, 1.165) is 23.4 Å². The van der Waals surface area contributed by atoms with E-state index in [4.69, 9.17) is 0 Å². The summed E-state index contributed by atoms with van der Waals surface area (Å²) in [4.78, 5) is 11.9. The van der Waals surface area contributed by atoms with Crippen molar-refractivity contribution in [1.82, 2.24) is 15.5 Å². The first-order valence-corrected chi connectivity index (χ1v) is 8.44. The number of hydrogen-bond donors (Lipinski definition) is 3. The van der Waals surface area contributed by atoms with Crippen LogP contribution in [0.5, 0.6) is 5.75 Å². The second-order valence-corrected chi connectivity index (χ2v) is 6.81. The fourth-order valence-electron chi connectivity index (χ4n) is 1.99. The Hall–Kier alpha value is -2.15. The number of aryl methyl sites for hydroxylation is 1. The predicted molar refractivity (Wildman–Crippen MR) is 92.0 cm³/mol. The lowest BCUT2D eigenvalue weighted by molar-refractivity contribution is 0.248.